The van der Waals surface area contributed by atoms with E-state index in [1.807, 2.05) is 25.1 Å². The molecule has 0 saturated carbocycles. The van der Waals surface area contributed by atoms with Gasteiger partial charge in [-0.1, -0.05) is 15.9 Å². The second kappa shape index (κ2) is 4.55. The molecule has 0 aliphatic carbocycles. The highest BCUT2D eigenvalue weighted by Gasteiger charge is 1.98. The van der Waals surface area contributed by atoms with Gasteiger partial charge in [0.15, 0.2) is 5.11 Å². The standard InChI is InChI=1S/C8H10BrN3S/c1-5-4-6(2-3-7(5)9)11-8(13)12-10/h2-4H,10H2,1H3,(H2,11,12,13). The smallest absolute Gasteiger partial charge is 0.185 e. The average molecular weight is 260 g/mol. The third-order valence-electron chi connectivity index (χ3n) is 1.55. The number of hydrogen-bond acceptors (Lipinski definition) is 2. The number of aryl methyl sites for hydroxylation is 1. The Morgan fingerprint density at radius 3 is 2.77 bits per heavy atom. The van der Waals surface area contributed by atoms with Crippen molar-refractivity contribution < 1.29 is 0 Å². The fraction of sp³-hybridized carbons (Fsp3) is 0.125. The second-order valence-corrected chi connectivity index (χ2v) is 3.83. The number of hydrogen-bond donors (Lipinski definition) is 3. The molecule has 0 aromatic heterocycles. The van der Waals surface area contributed by atoms with Crippen molar-refractivity contribution in [2.75, 3.05) is 5.32 Å². The number of nitrogens with two attached hydrogens (primary N) is 1. The van der Waals surface area contributed by atoms with E-state index < -0.39 is 0 Å². The summed E-state index contributed by atoms with van der Waals surface area (Å²) in [6.07, 6.45) is 0. The minimum Gasteiger partial charge on any atom is -0.332 e. The maximum absolute atomic E-state index is 5.12. The molecule has 0 spiro atoms. The Balaban J connectivity index is 2.79. The highest BCUT2D eigenvalue weighted by atomic mass is 79.9. The first-order valence-electron chi connectivity index (χ1n) is 3.67. The number of anilines is 1. The van der Waals surface area contributed by atoms with Gasteiger partial charge in [0.25, 0.3) is 0 Å². The van der Waals surface area contributed by atoms with Crippen LogP contribution in [0.25, 0.3) is 0 Å². The summed E-state index contributed by atoms with van der Waals surface area (Å²) in [5.74, 6) is 5.12. The Kier molecular flexibility index (Phi) is 3.65. The number of nitrogens with one attached hydrogen (secondary N) is 2. The normalized spacial score (nSPS) is 9.46. The van der Waals surface area contributed by atoms with E-state index in [9.17, 15) is 0 Å². The van der Waals surface area contributed by atoms with Crippen molar-refractivity contribution >= 4 is 38.9 Å². The molecule has 5 heteroatoms. The van der Waals surface area contributed by atoms with Gasteiger partial charge in [0.2, 0.25) is 0 Å². The molecule has 0 unspecified atom stereocenters. The van der Waals surface area contributed by atoms with Gasteiger partial charge in [0.05, 0.1) is 0 Å². The van der Waals surface area contributed by atoms with Gasteiger partial charge in [0.1, 0.15) is 0 Å². The zero-order chi connectivity index (χ0) is 9.84. The Labute approximate surface area is 90.8 Å². The van der Waals surface area contributed by atoms with Crippen LogP contribution >= 0.6 is 28.1 Å². The molecule has 13 heavy (non-hydrogen) atoms. The van der Waals surface area contributed by atoms with E-state index in [0.717, 1.165) is 15.7 Å². The minimum atomic E-state index is 0.404. The van der Waals surface area contributed by atoms with Crippen LogP contribution in [0.3, 0.4) is 0 Å². The number of halogens is 1. The molecule has 0 atom stereocenters. The summed E-state index contributed by atoms with van der Waals surface area (Å²) < 4.78 is 1.07. The maximum Gasteiger partial charge on any atom is 0.185 e. The Hall–Kier alpha value is -0.650. The van der Waals surface area contributed by atoms with Crippen molar-refractivity contribution in [3.8, 4) is 0 Å². The Morgan fingerprint density at radius 1 is 1.54 bits per heavy atom. The average Bonchev–Trinajstić information content (AvgIpc) is 2.11. The van der Waals surface area contributed by atoms with Gasteiger partial charge in [-0.25, -0.2) is 5.84 Å². The first kappa shape index (κ1) is 10.4. The van der Waals surface area contributed by atoms with Crippen molar-refractivity contribution in [1.29, 1.82) is 0 Å². The van der Waals surface area contributed by atoms with Crippen molar-refractivity contribution in [3.05, 3.63) is 28.2 Å². The number of thiocarbonyl (C=S) groups is 1. The van der Waals surface area contributed by atoms with Crippen LogP contribution in [-0.4, -0.2) is 5.11 Å². The predicted octanol–water partition coefficient (Wildman–Crippen LogP) is 1.92. The van der Waals surface area contributed by atoms with Gasteiger partial charge in [0, 0.05) is 10.2 Å². The Bertz CT molecular complexity index is 327. The molecule has 1 rings (SSSR count). The van der Waals surface area contributed by atoms with E-state index in [1.165, 1.54) is 0 Å². The van der Waals surface area contributed by atoms with Crippen LogP contribution in [0.2, 0.25) is 0 Å². The zero-order valence-electron chi connectivity index (χ0n) is 7.10. The van der Waals surface area contributed by atoms with Crippen LogP contribution in [0, 0.1) is 6.92 Å². The van der Waals surface area contributed by atoms with E-state index in [0.29, 0.717) is 5.11 Å². The molecule has 4 N–H and O–H groups in total. The van der Waals surface area contributed by atoms with Crippen LogP contribution in [0.15, 0.2) is 22.7 Å². The summed E-state index contributed by atoms with van der Waals surface area (Å²) in [4.78, 5) is 0. The summed E-state index contributed by atoms with van der Waals surface area (Å²) in [5.41, 5.74) is 4.42. The monoisotopic (exact) mass is 259 g/mol. The topological polar surface area (TPSA) is 50.1 Å². The van der Waals surface area contributed by atoms with Gasteiger partial charge in [-0.2, -0.15) is 0 Å². The summed E-state index contributed by atoms with van der Waals surface area (Å²) >= 11 is 8.27. The van der Waals surface area contributed by atoms with Gasteiger partial charge < -0.3 is 10.7 Å². The fourth-order valence-electron chi connectivity index (χ4n) is 0.890. The van der Waals surface area contributed by atoms with E-state index in [4.69, 9.17) is 18.1 Å². The first-order valence-corrected chi connectivity index (χ1v) is 4.87. The summed E-state index contributed by atoms with van der Waals surface area (Å²) in [5, 5.41) is 3.34. The molecule has 0 heterocycles. The summed E-state index contributed by atoms with van der Waals surface area (Å²) in [6, 6.07) is 5.85. The lowest BCUT2D eigenvalue weighted by molar-refractivity contribution is 1.04. The van der Waals surface area contributed by atoms with E-state index >= 15 is 0 Å². The van der Waals surface area contributed by atoms with E-state index in [-0.39, 0.29) is 0 Å². The van der Waals surface area contributed by atoms with Crippen LogP contribution < -0.4 is 16.6 Å². The lowest BCUT2D eigenvalue weighted by atomic mass is 10.2. The third-order valence-corrected chi connectivity index (χ3v) is 2.66. The quantitative estimate of drug-likeness (QED) is 0.410. The molecule has 0 aliphatic heterocycles. The van der Waals surface area contributed by atoms with Gasteiger partial charge in [-0.05, 0) is 42.9 Å². The maximum atomic E-state index is 5.12. The summed E-state index contributed by atoms with van der Waals surface area (Å²) in [6.45, 7) is 2.01. The molecule has 0 aliphatic rings. The van der Waals surface area contributed by atoms with E-state index in [1.54, 1.807) is 0 Å². The lowest BCUT2D eigenvalue weighted by Gasteiger charge is -2.07. The molecule has 3 nitrogen and oxygen atoms in total. The lowest BCUT2D eigenvalue weighted by Crippen LogP contribution is -2.34. The van der Waals surface area contributed by atoms with Crippen molar-refractivity contribution in [2.24, 2.45) is 5.84 Å². The first-order chi connectivity index (χ1) is 6.13. The molecular formula is C8H10BrN3S. The summed E-state index contributed by atoms with van der Waals surface area (Å²) in [7, 11) is 0. The minimum absolute atomic E-state index is 0.404. The van der Waals surface area contributed by atoms with E-state index in [2.05, 4.69) is 26.7 Å². The van der Waals surface area contributed by atoms with Crippen molar-refractivity contribution in [2.45, 2.75) is 6.92 Å². The van der Waals surface area contributed by atoms with Gasteiger partial charge >= 0.3 is 0 Å². The third kappa shape index (κ3) is 2.95. The van der Waals surface area contributed by atoms with Crippen molar-refractivity contribution in [3.63, 3.8) is 0 Å². The van der Waals surface area contributed by atoms with Gasteiger partial charge in [-0.15, -0.1) is 0 Å². The molecule has 1 aromatic carbocycles. The van der Waals surface area contributed by atoms with Crippen LogP contribution in [0.1, 0.15) is 5.56 Å². The van der Waals surface area contributed by atoms with Crippen molar-refractivity contribution in [1.82, 2.24) is 5.43 Å². The Morgan fingerprint density at radius 2 is 2.23 bits per heavy atom. The molecule has 0 fully saturated rings. The van der Waals surface area contributed by atoms with Gasteiger partial charge in [-0.3, -0.25) is 0 Å². The number of benzene rings is 1. The molecule has 0 radical (unpaired) electrons. The molecule has 0 amide bonds. The second-order valence-electron chi connectivity index (χ2n) is 2.56. The number of hydrazine groups is 1. The highest BCUT2D eigenvalue weighted by molar-refractivity contribution is 9.10. The van der Waals surface area contributed by atoms with Crippen LogP contribution in [0.4, 0.5) is 5.69 Å². The molecular weight excluding hydrogens is 250 g/mol. The predicted molar refractivity (Wildman–Crippen MR) is 62.4 cm³/mol. The number of rotatable bonds is 1. The zero-order valence-corrected chi connectivity index (χ0v) is 9.50. The fourth-order valence-corrected chi connectivity index (χ4v) is 1.25. The highest BCUT2D eigenvalue weighted by Crippen LogP contribution is 2.19. The van der Waals surface area contributed by atoms with Crippen LogP contribution in [0.5, 0.6) is 0 Å². The molecule has 0 saturated heterocycles. The molecule has 0 bridgehead atoms. The largest absolute Gasteiger partial charge is 0.332 e. The molecule has 1 aromatic rings. The molecule has 70 valence electrons. The SMILES string of the molecule is Cc1cc(NC(=S)NN)ccc1Br. The van der Waals surface area contributed by atoms with Crippen LogP contribution in [-0.2, 0) is 0 Å².